The predicted molar refractivity (Wildman–Crippen MR) is 66.3 cm³/mol. The van der Waals surface area contributed by atoms with E-state index in [9.17, 15) is 4.79 Å². The highest BCUT2D eigenvalue weighted by Crippen LogP contribution is 1.86. The Kier molecular flexibility index (Phi) is 13.5. The first-order valence-electron chi connectivity index (χ1n) is 6.13. The second-order valence-corrected chi connectivity index (χ2v) is 3.50. The lowest BCUT2D eigenvalue weighted by Gasteiger charge is -2.06. The molecule has 0 saturated heterocycles. The normalized spacial score (nSPS) is 10.5. The van der Waals surface area contributed by atoms with Gasteiger partial charge in [-0.15, -0.1) is 0 Å². The minimum atomic E-state index is -0.757. The van der Waals surface area contributed by atoms with Gasteiger partial charge >= 0.3 is 6.09 Å². The van der Waals surface area contributed by atoms with Gasteiger partial charge in [0.25, 0.3) is 0 Å². The molecule has 0 unspecified atom stereocenters. The van der Waals surface area contributed by atoms with Gasteiger partial charge in [0.2, 0.25) is 0 Å². The predicted octanol–water partition coefficient (Wildman–Crippen LogP) is -0.130. The van der Waals surface area contributed by atoms with Crippen LogP contribution in [0.3, 0.4) is 0 Å². The molecular formula is C11H24N2O5. The van der Waals surface area contributed by atoms with Crippen LogP contribution in [0.1, 0.15) is 12.8 Å². The van der Waals surface area contributed by atoms with Crippen molar-refractivity contribution in [1.29, 1.82) is 0 Å². The molecule has 0 heterocycles. The van der Waals surface area contributed by atoms with Crippen molar-refractivity contribution in [2.75, 3.05) is 52.8 Å². The molecule has 1 amide bonds. The molecule has 0 spiro atoms. The zero-order valence-electron chi connectivity index (χ0n) is 10.8. The number of carbonyl (C=O) groups excluding carboxylic acids is 1. The molecule has 0 aromatic heterocycles. The first-order valence-corrected chi connectivity index (χ1v) is 6.13. The van der Waals surface area contributed by atoms with Crippen molar-refractivity contribution < 1.29 is 23.7 Å². The van der Waals surface area contributed by atoms with Crippen molar-refractivity contribution in [2.24, 2.45) is 11.5 Å². The molecule has 4 N–H and O–H groups in total. The lowest BCUT2D eigenvalue weighted by Crippen LogP contribution is -2.15. The lowest BCUT2D eigenvalue weighted by molar-refractivity contribution is 0.0119. The van der Waals surface area contributed by atoms with Gasteiger partial charge in [0.15, 0.2) is 0 Å². The van der Waals surface area contributed by atoms with Gasteiger partial charge in [0.1, 0.15) is 0 Å². The molecule has 0 aliphatic rings. The highest BCUT2D eigenvalue weighted by Gasteiger charge is 1.94. The van der Waals surface area contributed by atoms with Gasteiger partial charge in [-0.3, -0.25) is 0 Å². The number of hydrogen-bond donors (Lipinski definition) is 2. The first kappa shape index (κ1) is 17.1. The third kappa shape index (κ3) is 15.1. The van der Waals surface area contributed by atoms with Crippen molar-refractivity contribution in [2.45, 2.75) is 12.8 Å². The minimum absolute atomic E-state index is 0.283. The maximum atomic E-state index is 10.2. The van der Waals surface area contributed by atoms with Crippen LogP contribution >= 0.6 is 0 Å². The van der Waals surface area contributed by atoms with Crippen LogP contribution in [0.4, 0.5) is 4.79 Å². The van der Waals surface area contributed by atoms with E-state index in [0.717, 1.165) is 6.42 Å². The summed E-state index contributed by atoms with van der Waals surface area (Å²) in [7, 11) is 0. The van der Waals surface area contributed by atoms with Crippen molar-refractivity contribution >= 4 is 6.09 Å². The molecule has 0 rings (SSSR count). The summed E-state index contributed by atoms with van der Waals surface area (Å²) < 4.78 is 20.3. The number of hydrogen-bond acceptors (Lipinski definition) is 6. The Balaban J connectivity index is 2.92. The van der Waals surface area contributed by atoms with Gasteiger partial charge < -0.3 is 30.4 Å². The summed E-state index contributed by atoms with van der Waals surface area (Å²) in [5, 5.41) is 0. The Bertz CT molecular complexity index is 192. The highest BCUT2D eigenvalue weighted by molar-refractivity contribution is 5.64. The van der Waals surface area contributed by atoms with Gasteiger partial charge in [-0.25, -0.2) is 4.79 Å². The van der Waals surface area contributed by atoms with Gasteiger partial charge in [-0.2, -0.15) is 0 Å². The SMILES string of the molecule is NCCCOCCOCCOCCCOC(N)=O. The van der Waals surface area contributed by atoms with E-state index in [1.165, 1.54) is 0 Å². The molecule has 0 aromatic rings. The summed E-state index contributed by atoms with van der Waals surface area (Å²) in [5.41, 5.74) is 10.1. The van der Waals surface area contributed by atoms with E-state index in [2.05, 4.69) is 4.74 Å². The third-order valence-corrected chi connectivity index (χ3v) is 1.91. The summed E-state index contributed by atoms with van der Waals surface area (Å²) >= 11 is 0. The topological polar surface area (TPSA) is 106 Å². The number of amides is 1. The van der Waals surface area contributed by atoms with Crippen molar-refractivity contribution in [3.63, 3.8) is 0 Å². The lowest BCUT2D eigenvalue weighted by atomic mass is 10.5. The van der Waals surface area contributed by atoms with Crippen molar-refractivity contribution in [3.05, 3.63) is 0 Å². The molecule has 0 aliphatic carbocycles. The third-order valence-electron chi connectivity index (χ3n) is 1.91. The quantitative estimate of drug-likeness (QED) is 0.449. The summed E-state index contributed by atoms with van der Waals surface area (Å²) in [5.74, 6) is 0. The van der Waals surface area contributed by atoms with E-state index >= 15 is 0 Å². The molecule has 0 saturated carbocycles. The Hall–Kier alpha value is -0.890. The fourth-order valence-electron chi connectivity index (χ4n) is 1.06. The van der Waals surface area contributed by atoms with Crippen molar-refractivity contribution in [3.8, 4) is 0 Å². The van der Waals surface area contributed by atoms with Crippen LogP contribution in [-0.2, 0) is 18.9 Å². The Labute approximate surface area is 108 Å². The number of ether oxygens (including phenoxy) is 4. The maximum Gasteiger partial charge on any atom is 0.404 e. The van der Waals surface area contributed by atoms with Gasteiger partial charge in [-0.1, -0.05) is 0 Å². The van der Waals surface area contributed by atoms with E-state index < -0.39 is 6.09 Å². The molecule has 0 fully saturated rings. The smallest absolute Gasteiger partial charge is 0.404 e. The molecule has 108 valence electrons. The van der Waals surface area contributed by atoms with E-state index in [4.69, 9.17) is 25.7 Å². The summed E-state index contributed by atoms with van der Waals surface area (Å²) in [6, 6.07) is 0. The van der Waals surface area contributed by atoms with Gasteiger partial charge in [0, 0.05) is 19.6 Å². The molecule has 0 aromatic carbocycles. The summed E-state index contributed by atoms with van der Waals surface area (Å²) in [6.07, 6.45) is 0.745. The van der Waals surface area contributed by atoms with Crippen LogP contribution in [0.15, 0.2) is 0 Å². The molecule has 0 atom stereocenters. The van der Waals surface area contributed by atoms with Crippen molar-refractivity contribution in [1.82, 2.24) is 0 Å². The van der Waals surface area contributed by atoms with Gasteiger partial charge in [0.05, 0.1) is 33.0 Å². The summed E-state index contributed by atoms with van der Waals surface area (Å²) in [6.45, 7) is 4.29. The molecule has 7 nitrogen and oxygen atoms in total. The van der Waals surface area contributed by atoms with E-state index in [0.29, 0.717) is 52.6 Å². The van der Waals surface area contributed by atoms with Crippen LogP contribution in [0.5, 0.6) is 0 Å². The Morgan fingerprint density at radius 3 is 1.78 bits per heavy atom. The molecule has 0 aliphatic heterocycles. The Morgan fingerprint density at radius 2 is 1.28 bits per heavy atom. The zero-order valence-corrected chi connectivity index (χ0v) is 10.8. The minimum Gasteiger partial charge on any atom is -0.450 e. The monoisotopic (exact) mass is 264 g/mol. The second-order valence-electron chi connectivity index (χ2n) is 3.50. The average Bonchev–Trinajstić information content (AvgIpc) is 2.34. The molecule has 0 radical (unpaired) electrons. The van der Waals surface area contributed by atoms with E-state index in [-0.39, 0.29) is 6.61 Å². The Morgan fingerprint density at radius 1 is 0.778 bits per heavy atom. The largest absolute Gasteiger partial charge is 0.450 e. The molecule has 0 bridgehead atoms. The number of rotatable bonds is 13. The van der Waals surface area contributed by atoms with Crippen LogP contribution in [0, 0.1) is 0 Å². The van der Waals surface area contributed by atoms with E-state index in [1.54, 1.807) is 0 Å². The van der Waals surface area contributed by atoms with E-state index in [1.807, 2.05) is 0 Å². The zero-order chi connectivity index (χ0) is 13.5. The number of nitrogens with two attached hydrogens (primary N) is 2. The average molecular weight is 264 g/mol. The van der Waals surface area contributed by atoms with Crippen LogP contribution in [0.2, 0.25) is 0 Å². The van der Waals surface area contributed by atoms with Crippen LogP contribution in [-0.4, -0.2) is 58.9 Å². The molecule has 7 heteroatoms. The highest BCUT2D eigenvalue weighted by atomic mass is 16.6. The number of carbonyl (C=O) groups is 1. The standard InChI is InChI=1S/C11H24N2O5/c12-3-1-4-15-7-9-17-10-8-16-5-2-6-18-11(13)14/h1-10,12H2,(H2,13,14). The second kappa shape index (κ2) is 14.2. The number of primary amides is 1. The fourth-order valence-corrected chi connectivity index (χ4v) is 1.06. The fraction of sp³-hybridized carbons (Fsp3) is 0.909. The van der Waals surface area contributed by atoms with Gasteiger partial charge in [-0.05, 0) is 13.0 Å². The first-order chi connectivity index (χ1) is 8.77. The molecule has 18 heavy (non-hydrogen) atoms. The van der Waals surface area contributed by atoms with Crippen LogP contribution in [0.25, 0.3) is 0 Å². The maximum absolute atomic E-state index is 10.2. The summed E-state index contributed by atoms with van der Waals surface area (Å²) in [4.78, 5) is 10.2. The van der Waals surface area contributed by atoms with Crippen LogP contribution < -0.4 is 11.5 Å². The molecular weight excluding hydrogens is 240 g/mol.